The average Bonchev–Trinajstić information content (AvgIpc) is 1.97. The molecule has 0 saturated carbocycles. The van der Waals surface area contributed by atoms with Gasteiger partial charge in [-0.25, -0.2) is 8.78 Å². The molecule has 1 nitrogen and oxygen atoms in total. The van der Waals surface area contributed by atoms with Gasteiger partial charge < -0.3 is 5.32 Å². The molecule has 68 valence electrons. The summed E-state index contributed by atoms with van der Waals surface area (Å²) in [5.41, 5.74) is 0.531. The quantitative estimate of drug-likeness (QED) is 0.763. The van der Waals surface area contributed by atoms with Crippen LogP contribution in [0.1, 0.15) is 0 Å². The summed E-state index contributed by atoms with van der Waals surface area (Å²) in [6.45, 7) is 0. The Kier molecular flexibility index (Phi) is 4.49. The van der Waals surface area contributed by atoms with Crippen molar-refractivity contribution in [3.63, 3.8) is 0 Å². The minimum absolute atomic E-state index is 0. The molecule has 0 atom stereocenters. The molecule has 1 aromatic rings. The smallest absolute Gasteiger partial charge is 0.160 e. The average molecular weight is 258 g/mol. The zero-order valence-electron chi connectivity index (χ0n) is 6.20. The van der Waals surface area contributed by atoms with Gasteiger partial charge in [0.2, 0.25) is 0 Å². The Bertz CT molecular complexity index is 280. The van der Waals surface area contributed by atoms with E-state index in [4.69, 9.17) is 0 Å². The van der Waals surface area contributed by atoms with Gasteiger partial charge >= 0.3 is 0 Å². The molecule has 5 heteroatoms. The Morgan fingerprint density at radius 3 is 2.25 bits per heavy atom. The van der Waals surface area contributed by atoms with Crippen LogP contribution in [0.4, 0.5) is 14.5 Å². The molecule has 0 aliphatic heterocycles. The molecule has 0 saturated heterocycles. The fourth-order valence-electron chi connectivity index (χ4n) is 0.714. The van der Waals surface area contributed by atoms with Crippen LogP contribution in [-0.2, 0) is 0 Å². The molecule has 0 aromatic heterocycles. The van der Waals surface area contributed by atoms with E-state index >= 15 is 0 Å². The lowest BCUT2D eigenvalue weighted by Gasteiger charge is -2.02. The highest BCUT2D eigenvalue weighted by Crippen LogP contribution is 2.24. The van der Waals surface area contributed by atoms with Crippen molar-refractivity contribution in [2.75, 3.05) is 12.4 Å². The van der Waals surface area contributed by atoms with Crippen LogP contribution in [0.5, 0.6) is 0 Å². The second-order valence-corrected chi connectivity index (χ2v) is 2.85. The van der Waals surface area contributed by atoms with Crippen LogP contribution in [0.3, 0.4) is 0 Å². The van der Waals surface area contributed by atoms with Crippen molar-refractivity contribution in [3.05, 3.63) is 28.2 Å². The number of halogens is 4. The van der Waals surface area contributed by atoms with Gasteiger partial charge in [-0.2, -0.15) is 0 Å². The first-order valence-electron chi connectivity index (χ1n) is 2.97. The molecule has 0 amide bonds. The largest absolute Gasteiger partial charge is 0.387 e. The Morgan fingerprint density at radius 1 is 1.25 bits per heavy atom. The van der Waals surface area contributed by atoms with Gasteiger partial charge in [0.1, 0.15) is 0 Å². The highest BCUT2D eigenvalue weighted by Gasteiger charge is 2.05. The molecular formula is C7H7BrClF2N. The summed E-state index contributed by atoms with van der Waals surface area (Å²) in [5.74, 6) is -1.70. The van der Waals surface area contributed by atoms with E-state index in [1.54, 1.807) is 7.05 Å². The summed E-state index contributed by atoms with van der Waals surface area (Å²) in [7, 11) is 1.64. The second-order valence-electron chi connectivity index (χ2n) is 2.00. The predicted octanol–water partition coefficient (Wildman–Crippen LogP) is 3.19. The van der Waals surface area contributed by atoms with Crippen LogP contribution in [0.25, 0.3) is 0 Å². The van der Waals surface area contributed by atoms with Gasteiger partial charge in [-0.15, -0.1) is 12.4 Å². The summed E-state index contributed by atoms with van der Waals surface area (Å²) < 4.78 is 25.5. The highest BCUT2D eigenvalue weighted by molar-refractivity contribution is 9.10. The van der Waals surface area contributed by atoms with Gasteiger partial charge in [-0.05, 0) is 22.0 Å². The van der Waals surface area contributed by atoms with Gasteiger partial charge in [-0.1, -0.05) is 0 Å². The molecule has 1 aromatic carbocycles. The van der Waals surface area contributed by atoms with E-state index in [0.717, 1.165) is 12.1 Å². The van der Waals surface area contributed by atoms with Crippen molar-refractivity contribution in [2.24, 2.45) is 0 Å². The summed E-state index contributed by atoms with van der Waals surface area (Å²) >= 11 is 3.07. The molecule has 0 bridgehead atoms. The normalized spacial score (nSPS) is 9.00. The lowest BCUT2D eigenvalue weighted by molar-refractivity contribution is 0.508. The van der Waals surface area contributed by atoms with E-state index in [1.165, 1.54) is 0 Å². The number of hydrogen-bond donors (Lipinski definition) is 1. The molecule has 1 N–H and O–H groups in total. The Hall–Kier alpha value is -0.350. The SMILES string of the molecule is CNc1cc(F)c(F)cc1Br.Cl. The standard InChI is InChI=1S/C7H6BrF2N.ClH/c1-11-7-3-6(10)5(9)2-4(7)8;/h2-3,11H,1H3;1H. The van der Waals surface area contributed by atoms with Crippen LogP contribution in [-0.4, -0.2) is 7.05 Å². The summed E-state index contributed by atoms with van der Waals surface area (Å²) in [6, 6.07) is 2.18. The highest BCUT2D eigenvalue weighted by atomic mass is 79.9. The van der Waals surface area contributed by atoms with Crippen molar-refractivity contribution >= 4 is 34.0 Å². The van der Waals surface area contributed by atoms with Gasteiger partial charge in [0.05, 0.1) is 5.69 Å². The summed E-state index contributed by atoms with van der Waals surface area (Å²) in [6.07, 6.45) is 0. The molecule has 0 unspecified atom stereocenters. The third-order valence-corrected chi connectivity index (χ3v) is 1.94. The maximum absolute atomic E-state index is 12.5. The molecule has 0 heterocycles. The van der Waals surface area contributed by atoms with Crippen LogP contribution >= 0.6 is 28.3 Å². The number of anilines is 1. The van der Waals surface area contributed by atoms with E-state index in [1.807, 2.05) is 0 Å². The van der Waals surface area contributed by atoms with E-state index in [-0.39, 0.29) is 12.4 Å². The van der Waals surface area contributed by atoms with Crippen LogP contribution in [0.2, 0.25) is 0 Å². The maximum Gasteiger partial charge on any atom is 0.160 e. The number of benzene rings is 1. The van der Waals surface area contributed by atoms with Crippen molar-refractivity contribution in [2.45, 2.75) is 0 Å². The fourth-order valence-corrected chi connectivity index (χ4v) is 1.23. The van der Waals surface area contributed by atoms with Gasteiger partial charge in [0.15, 0.2) is 11.6 Å². The van der Waals surface area contributed by atoms with E-state index < -0.39 is 11.6 Å². The molecular weight excluding hydrogens is 251 g/mol. The van der Waals surface area contributed by atoms with Crippen molar-refractivity contribution < 1.29 is 8.78 Å². The fraction of sp³-hybridized carbons (Fsp3) is 0.143. The Morgan fingerprint density at radius 2 is 1.75 bits per heavy atom. The van der Waals surface area contributed by atoms with Gasteiger partial charge in [0.25, 0.3) is 0 Å². The van der Waals surface area contributed by atoms with Gasteiger partial charge in [0, 0.05) is 17.6 Å². The number of hydrogen-bond acceptors (Lipinski definition) is 1. The lowest BCUT2D eigenvalue weighted by Crippen LogP contribution is -1.92. The van der Waals surface area contributed by atoms with Crippen molar-refractivity contribution in [1.82, 2.24) is 0 Å². The lowest BCUT2D eigenvalue weighted by atomic mass is 10.3. The van der Waals surface area contributed by atoms with E-state index in [9.17, 15) is 8.78 Å². The van der Waals surface area contributed by atoms with Crippen LogP contribution in [0.15, 0.2) is 16.6 Å². The van der Waals surface area contributed by atoms with E-state index in [2.05, 4.69) is 21.2 Å². The zero-order valence-corrected chi connectivity index (χ0v) is 8.60. The topological polar surface area (TPSA) is 12.0 Å². The first-order valence-corrected chi connectivity index (χ1v) is 3.76. The van der Waals surface area contributed by atoms with Crippen molar-refractivity contribution in [1.29, 1.82) is 0 Å². The number of rotatable bonds is 1. The predicted molar refractivity (Wildman–Crippen MR) is 50.9 cm³/mol. The Balaban J connectivity index is 0.00000121. The van der Waals surface area contributed by atoms with Gasteiger partial charge in [-0.3, -0.25) is 0 Å². The first kappa shape index (κ1) is 11.6. The summed E-state index contributed by atoms with van der Waals surface area (Å²) in [5, 5.41) is 2.71. The first-order chi connectivity index (χ1) is 5.15. The van der Waals surface area contributed by atoms with Crippen LogP contribution < -0.4 is 5.32 Å². The third-order valence-electron chi connectivity index (χ3n) is 1.28. The molecule has 0 spiro atoms. The van der Waals surface area contributed by atoms with Crippen molar-refractivity contribution in [3.8, 4) is 0 Å². The maximum atomic E-state index is 12.5. The molecule has 0 fully saturated rings. The minimum Gasteiger partial charge on any atom is -0.387 e. The summed E-state index contributed by atoms with van der Waals surface area (Å²) in [4.78, 5) is 0. The molecule has 0 aliphatic rings. The number of nitrogens with one attached hydrogen (secondary N) is 1. The third kappa shape index (κ3) is 2.32. The monoisotopic (exact) mass is 257 g/mol. The molecule has 0 radical (unpaired) electrons. The minimum atomic E-state index is -0.851. The molecule has 12 heavy (non-hydrogen) atoms. The zero-order chi connectivity index (χ0) is 8.43. The van der Waals surface area contributed by atoms with E-state index in [0.29, 0.717) is 10.2 Å². The van der Waals surface area contributed by atoms with Crippen LogP contribution in [0, 0.1) is 11.6 Å². The second kappa shape index (κ2) is 4.62. The Labute approximate surface area is 83.7 Å². The molecule has 0 aliphatic carbocycles. The molecule has 1 rings (SSSR count).